The largest absolute Gasteiger partial charge is 0.256 e. The van der Waals surface area contributed by atoms with Crippen molar-refractivity contribution in [1.82, 2.24) is 4.98 Å². The first-order valence-electron chi connectivity index (χ1n) is 13.5. The second-order valence-corrected chi connectivity index (χ2v) is 12.7. The molecule has 1 aromatic heterocycles. The van der Waals surface area contributed by atoms with Crippen molar-refractivity contribution >= 4 is 62.1 Å². The molecule has 2 heterocycles. The second kappa shape index (κ2) is 9.65. The zero-order valence-corrected chi connectivity index (χ0v) is 23.8. The predicted molar refractivity (Wildman–Crippen MR) is 181 cm³/mol. The van der Waals surface area contributed by atoms with E-state index in [1.165, 1.54) is 69.2 Å². The molecule has 8 rings (SSSR count). The van der Waals surface area contributed by atoms with Crippen LogP contribution in [-0.2, 0) is 0 Å². The van der Waals surface area contributed by atoms with E-state index in [-0.39, 0.29) is 20.7 Å². The third-order valence-electron chi connectivity index (χ3n) is 7.88. The fraction of sp³-hybridized carbons (Fsp3) is 0. The summed E-state index contributed by atoms with van der Waals surface area (Å²) in [5, 5.41) is 7.85. The first kappa shape index (κ1) is 23.5. The molecule has 0 N–H and O–H groups in total. The smallest absolute Gasteiger partial charge is 0.0714 e. The molecule has 0 atom stereocenters. The molecule has 1 aliphatic rings. The highest BCUT2D eigenvalue weighted by Crippen LogP contribution is 2.41. The monoisotopic (exact) mass is 621 g/mol. The molecule has 0 saturated carbocycles. The van der Waals surface area contributed by atoms with Crippen LogP contribution in [0.4, 0.5) is 0 Å². The molecule has 188 valence electrons. The van der Waals surface area contributed by atoms with Crippen molar-refractivity contribution in [2.75, 3.05) is 0 Å². The molecular formula is C38H24IN. The summed E-state index contributed by atoms with van der Waals surface area (Å²) < 4.78 is 3.87. The van der Waals surface area contributed by atoms with E-state index in [1.54, 1.807) is 0 Å². The van der Waals surface area contributed by atoms with Gasteiger partial charge in [0.05, 0.1) is 5.69 Å². The van der Waals surface area contributed by atoms with Crippen LogP contribution in [0, 0.1) is 0 Å². The quantitative estimate of drug-likeness (QED) is 0.141. The van der Waals surface area contributed by atoms with Crippen LogP contribution < -0.4 is 0 Å². The first-order chi connectivity index (χ1) is 19.8. The maximum absolute atomic E-state index is 4.83. The summed E-state index contributed by atoms with van der Waals surface area (Å²) in [5.41, 5.74) is 8.50. The lowest BCUT2D eigenvalue weighted by atomic mass is 9.88. The van der Waals surface area contributed by atoms with Gasteiger partial charge in [-0.1, -0.05) is 130 Å². The molecule has 1 nitrogen and oxygen atoms in total. The highest BCUT2D eigenvalue weighted by molar-refractivity contribution is 14.2. The number of benzene rings is 6. The molecule has 1 aliphatic heterocycles. The third-order valence-corrected chi connectivity index (χ3v) is 10.2. The summed E-state index contributed by atoms with van der Waals surface area (Å²) in [6.45, 7) is 0. The number of pyridine rings is 1. The standard InChI is InChI=1S/C38H24IN/c1-3-7-25(8-4-1)29-19-21-39-35(23-29)31-15-11-27-14-18-34-32(16-12-28-13-17-33(31)37(27)38(28)34)36-24-30(20-22-40-36)26-9-5-2-6-10-26/h1-24H. The van der Waals surface area contributed by atoms with Crippen LogP contribution >= 0.6 is 20.7 Å². The molecule has 0 saturated heterocycles. The predicted octanol–water partition coefficient (Wildman–Crippen LogP) is 10.4. The van der Waals surface area contributed by atoms with Gasteiger partial charge in [0.1, 0.15) is 0 Å². The van der Waals surface area contributed by atoms with Gasteiger partial charge in [0.15, 0.2) is 0 Å². The lowest BCUT2D eigenvalue weighted by Gasteiger charge is -2.17. The van der Waals surface area contributed by atoms with Crippen LogP contribution in [-0.4, -0.2) is 8.49 Å². The number of hydrogen-bond acceptors (Lipinski definition) is 1. The number of halogens is 1. The Balaban J connectivity index is 1.32. The van der Waals surface area contributed by atoms with Gasteiger partial charge in [-0.3, -0.25) is 4.98 Å². The Kier molecular flexibility index (Phi) is 5.66. The lowest BCUT2D eigenvalue weighted by Crippen LogP contribution is -1.99. The van der Waals surface area contributed by atoms with Gasteiger partial charge in [0.25, 0.3) is 0 Å². The average Bonchev–Trinajstić information content (AvgIpc) is 3.04. The third kappa shape index (κ3) is 3.90. The Hall–Kier alpha value is -4.41. The summed E-state index contributed by atoms with van der Waals surface area (Å²) in [6.07, 6.45) is 6.64. The van der Waals surface area contributed by atoms with Crippen molar-refractivity contribution in [2.24, 2.45) is 0 Å². The normalized spacial score (nSPS) is 13.4. The molecule has 0 amide bonds. The van der Waals surface area contributed by atoms with E-state index >= 15 is 0 Å². The summed E-state index contributed by atoms with van der Waals surface area (Å²) in [7, 11) is 0. The van der Waals surface area contributed by atoms with Crippen LogP contribution in [0.15, 0.2) is 144 Å². The number of aromatic nitrogens is 1. The minimum absolute atomic E-state index is 0.205. The van der Waals surface area contributed by atoms with Crippen LogP contribution in [0.5, 0.6) is 0 Å². The minimum Gasteiger partial charge on any atom is -0.256 e. The van der Waals surface area contributed by atoms with E-state index < -0.39 is 0 Å². The molecule has 2 heteroatoms. The van der Waals surface area contributed by atoms with Crippen LogP contribution in [0.3, 0.4) is 0 Å². The molecule has 0 aliphatic carbocycles. The second-order valence-electron chi connectivity index (χ2n) is 10.2. The summed E-state index contributed by atoms with van der Waals surface area (Å²) in [6, 6.07) is 43.9. The van der Waals surface area contributed by atoms with Gasteiger partial charge in [-0.2, -0.15) is 0 Å². The van der Waals surface area contributed by atoms with E-state index in [0.717, 1.165) is 5.69 Å². The highest BCUT2D eigenvalue weighted by Gasteiger charge is 2.17. The Morgan fingerprint density at radius 1 is 0.525 bits per heavy atom. The van der Waals surface area contributed by atoms with E-state index in [0.29, 0.717) is 0 Å². The fourth-order valence-corrected chi connectivity index (χ4v) is 8.23. The number of allylic oxidation sites excluding steroid dienone is 3. The number of hydrogen-bond donors (Lipinski definition) is 0. The SMILES string of the molecule is C1=CC(c2ccccc2)=CC(c2ccc3ccc4c(-c5cc(-c6ccccc6)ccn5)ccc5ccc2c3c54)=I1. The highest BCUT2D eigenvalue weighted by atomic mass is 127. The van der Waals surface area contributed by atoms with E-state index in [4.69, 9.17) is 4.98 Å². The Morgan fingerprint density at radius 2 is 1.15 bits per heavy atom. The molecule has 0 fully saturated rings. The molecule has 6 aromatic carbocycles. The van der Waals surface area contributed by atoms with Crippen LogP contribution in [0.25, 0.3) is 60.3 Å². The van der Waals surface area contributed by atoms with E-state index in [9.17, 15) is 0 Å². The molecule has 0 unspecified atom stereocenters. The van der Waals surface area contributed by atoms with Crippen molar-refractivity contribution in [2.45, 2.75) is 0 Å². The van der Waals surface area contributed by atoms with Gasteiger partial charge in [0.2, 0.25) is 0 Å². The summed E-state index contributed by atoms with van der Waals surface area (Å²) in [5.74, 6) is 0. The first-order valence-corrected chi connectivity index (χ1v) is 15.8. The molecule has 7 aromatic rings. The minimum atomic E-state index is -0.205. The van der Waals surface area contributed by atoms with Crippen molar-refractivity contribution in [3.63, 3.8) is 0 Å². The van der Waals surface area contributed by atoms with Gasteiger partial charge in [-0.25, -0.2) is 0 Å². The van der Waals surface area contributed by atoms with Crippen molar-refractivity contribution in [1.29, 1.82) is 0 Å². The Labute approximate surface area is 243 Å². The molecule has 0 radical (unpaired) electrons. The maximum atomic E-state index is 4.83. The zero-order chi connectivity index (χ0) is 26.5. The Morgan fingerprint density at radius 3 is 1.88 bits per heavy atom. The number of rotatable bonds is 4. The zero-order valence-electron chi connectivity index (χ0n) is 21.7. The van der Waals surface area contributed by atoms with Crippen LogP contribution in [0.1, 0.15) is 11.1 Å². The van der Waals surface area contributed by atoms with Crippen molar-refractivity contribution in [3.05, 3.63) is 155 Å². The fourth-order valence-electron chi connectivity index (χ4n) is 5.95. The molecule has 40 heavy (non-hydrogen) atoms. The molecular weight excluding hydrogens is 597 g/mol. The number of nitrogens with zero attached hydrogens (tertiary/aromatic N) is 1. The average molecular weight is 622 g/mol. The lowest BCUT2D eigenvalue weighted by molar-refractivity contribution is 1.33. The van der Waals surface area contributed by atoms with Gasteiger partial charge >= 0.3 is 0 Å². The summed E-state index contributed by atoms with van der Waals surface area (Å²) >= 11 is -0.205. The van der Waals surface area contributed by atoms with Gasteiger partial charge < -0.3 is 0 Å². The van der Waals surface area contributed by atoms with Crippen molar-refractivity contribution in [3.8, 4) is 22.4 Å². The summed E-state index contributed by atoms with van der Waals surface area (Å²) in [4.78, 5) is 4.83. The Bertz CT molecular complexity index is 2140. The van der Waals surface area contributed by atoms with Gasteiger partial charge in [0, 0.05) is 15.3 Å². The van der Waals surface area contributed by atoms with Gasteiger partial charge in [-0.05, 0) is 88.5 Å². The van der Waals surface area contributed by atoms with Gasteiger partial charge in [-0.15, -0.1) is 0 Å². The van der Waals surface area contributed by atoms with E-state index in [2.05, 4.69) is 138 Å². The maximum Gasteiger partial charge on any atom is 0.0714 e. The topological polar surface area (TPSA) is 12.9 Å². The molecule has 0 bridgehead atoms. The van der Waals surface area contributed by atoms with E-state index in [1.807, 2.05) is 6.20 Å². The van der Waals surface area contributed by atoms with Crippen molar-refractivity contribution < 1.29 is 0 Å². The van der Waals surface area contributed by atoms with Crippen LogP contribution in [0.2, 0.25) is 0 Å². The molecule has 0 spiro atoms.